The highest BCUT2D eigenvalue weighted by Gasteiger charge is 2.14. The Bertz CT molecular complexity index is 381. The summed E-state index contributed by atoms with van der Waals surface area (Å²) in [6.07, 6.45) is 10.5. The third kappa shape index (κ3) is 1.44. The molecule has 0 bridgehead atoms. The Balaban J connectivity index is 2.54. The normalized spacial score (nSPS) is 18.4. The number of hydrogen-bond acceptors (Lipinski definition) is 1. The molecule has 1 heterocycles. The van der Waals surface area contributed by atoms with Gasteiger partial charge in [-0.05, 0) is 12.2 Å². The van der Waals surface area contributed by atoms with Crippen molar-refractivity contribution in [1.82, 2.24) is 9.55 Å². The summed E-state index contributed by atoms with van der Waals surface area (Å²) in [4.78, 5) is 4.31. The molecule has 0 saturated carbocycles. The Kier molecular flexibility index (Phi) is 1.65. The van der Waals surface area contributed by atoms with Gasteiger partial charge in [-0.2, -0.15) is 0 Å². The molecular formula is C11H14N2. The second-order valence-electron chi connectivity index (χ2n) is 4.11. The van der Waals surface area contributed by atoms with E-state index in [9.17, 15) is 0 Å². The predicted octanol–water partition coefficient (Wildman–Crippen LogP) is 2.49. The fourth-order valence-electron chi connectivity index (χ4n) is 1.43. The largest absolute Gasteiger partial charge is 0.334 e. The van der Waals surface area contributed by atoms with Crippen molar-refractivity contribution in [1.29, 1.82) is 0 Å². The summed E-state index contributed by atoms with van der Waals surface area (Å²) in [5.41, 5.74) is 2.38. The number of nitrogens with zero attached hydrogens (tertiary/aromatic N) is 2. The van der Waals surface area contributed by atoms with Gasteiger partial charge in [0.05, 0.1) is 17.7 Å². The van der Waals surface area contributed by atoms with Crippen molar-refractivity contribution in [3.8, 4) is 0 Å². The third-order valence-corrected chi connectivity index (χ3v) is 2.35. The molecule has 0 saturated heterocycles. The predicted molar refractivity (Wildman–Crippen MR) is 55.1 cm³/mol. The van der Waals surface area contributed by atoms with E-state index in [0.717, 1.165) is 5.69 Å². The number of imidazole rings is 1. The highest BCUT2D eigenvalue weighted by Crippen LogP contribution is 2.26. The number of aromatic nitrogens is 2. The molecule has 1 aliphatic rings. The summed E-state index contributed by atoms with van der Waals surface area (Å²) in [5.74, 6) is 0. The van der Waals surface area contributed by atoms with Crippen LogP contribution in [0.25, 0.3) is 12.2 Å². The Morgan fingerprint density at radius 3 is 2.69 bits per heavy atom. The Morgan fingerprint density at radius 1 is 1.23 bits per heavy atom. The first-order chi connectivity index (χ1) is 6.08. The summed E-state index contributed by atoms with van der Waals surface area (Å²) in [7, 11) is 2.02. The topological polar surface area (TPSA) is 17.8 Å². The molecule has 0 spiro atoms. The van der Waals surface area contributed by atoms with Gasteiger partial charge < -0.3 is 4.57 Å². The minimum Gasteiger partial charge on any atom is -0.334 e. The molecule has 0 unspecified atom stereocenters. The zero-order chi connectivity index (χ0) is 9.47. The minimum absolute atomic E-state index is 0.140. The molecule has 1 aromatic heterocycles. The van der Waals surface area contributed by atoms with Gasteiger partial charge in [-0.3, -0.25) is 0 Å². The summed E-state index contributed by atoms with van der Waals surface area (Å²) >= 11 is 0. The highest BCUT2D eigenvalue weighted by molar-refractivity contribution is 5.63. The van der Waals surface area contributed by atoms with Crippen LogP contribution in [0.5, 0.6) is 0 Å². The maximum atomic E-state index is 4.31. The lowest BCUT2D eigenvalue weighted by atomic mass is 9.93. The summed E-state index contributed by atoms with van der Waals surface area (Å²) in [5, 5.41) is 0. The smallest absolute Gasteiger partial charge is 0.0955 e. The van der Waals surface area contributed by atoms with Crippen molar-refractivity contribution in [2.45, 2.75) is 13.8 Å². The first-order valence-electron chi connectivity index (χ1n) is 4.48. The van der Waals surface area contributed by atoms with E-state index in [1.807, 2.05) is 17.9 Å². The van der Waals surface area contributed by atoms with Crippen LogP contribution in [0.2, 0.25) is 0 Å². The maximum absolute atomic E-state index is 4.31. The fourth-order valence-corrected chi connectivity index (χ4v) is 1.43. The molecule has 0 aliphatic heterocycles. The van der Waals surface area contributed by atoms with Gasteiger partial charge in [-0.25, -0.2) is 4.98 Å². The number of allylic oxidation sites excluding steroid dienone is 2. The molecule has 0 radical (unpaired) electrons. The van der Waals surface area contributed by atoms with Gasteiger partial charge in [0.1, 0.15) is 0 Å². The van der Waals surface area contributed by atoms with Crippen LogP contribution in [0, 0.1) is 5.41 Å². The Morgan fingerprint density at radius 2 is 1.92 bits per heavy atom. The summed E-state index contributed by atoms with van der Waals surface area (Å²) in [6, 6.07) is 0. The van der Waals surface area contributed by atoms with Crippen LogP contribution in [-0.2, 0) is 7.05 Å². The number of aryl methyl sites for hydroxylation is 1. The molecule has 2 heteroatoms. The van der Waals surface area contributed by atoms with Gasteiger partial charge in [-0.15, -0.1) is 0 Å². The van der Waals surface area contributed by atoms with E-state index in [2.05, 4.69) is 43.1 Å². The lowest BCUT2D eigenvalue weighted by Gasteiger charge is -2.12. The zero-order valence-corrected chi connectivity index (χ0v) is 8.28. The average molecular weight is 174 g/mol. The molecule has 0 atom stereocenters. The third-order valence-electron chi connectivity index (χ3n) is 2.35. The lowest BCUT2D eigenvalue weighted by Crippen LogP contribution is -2.00. The van der Waals surface area contributed by atoms with Gasteiger partial charge in [0.25, 0.3) is 0 Å². The van der Waals surface area contributed by atoms with E-state index in [1.54, 1.807) is 0 Å². The lowest BCUT2D eigenvalue weighted by molar-refractivity contribution is 0.633. The monoisotopic (exact) mass is 174 g/mol. The van der Waals surface area contributed by atoms with Crippen molar-refractivity contribution >= 4 is 12.2 Å². The molecule has 68 valence electrons. The highest BCUT2D eigenvalue weighted by atomic mass is 15.0. The van der Waals surface area contributed by atoms with Gasteiger partial charge in [-0.1, -0.05) is 26.0 Å². The van der Waals surface area contributed by atoms with Crippen molar-refractivity contribution in [3.05, 3.63) is 29.9 Å². The molecular weight excluding hydrogens is 160 g/mol. The second-order valence-corrected chi connectivity index (χ2v) is 4.11. The van der Waals surface area contributed by atoms with Crippen molar-refractivity contribution in [2.24, 2.45) is 12.5 Å². The average Bonchev–Trinajstić information content (AvgIpc) is 2.32. The zero-order valence-electron chi connectivity index (χ0n) is 8.28. The Hall–Kier alpha value is -1.31. The quantitative estimate of drug-likeness (QED) is 0.591. The number of rotatable bonds is 0. The van der Waals surface area contributed by atoms with E-state index in [-0.39, 0.29) is 5.41 Å². The minimum atomic E-state index is 0.140. The van der Waals surface area contributed by atoms with E-state index in [4.69, 9.17) is 0 Å². The molecule has 1 aromatic rings. The SMILES string of the molecule is Cn1cnc2c1C=CC(C)(C)C=C2. The standard InChI is InChI=1S/C11H14N2/c1-11(2)6-4-9-10(5-7-11)13(3)8-12-9/h4-8H,1-3H3. The first kappa shape index (κ1) is 8.30. The second kappa shape index (κ2) is 2.59. The van der Waals surface area contributed by atoms with E-state index in [0.29, 0.717) is 0 Å². The molecule has 1 aliphatic carbocycles. The van der Waals surface area contributed by atoms with Crippen molar-refractivity contribution < 1.29 is 0 Å². The van der Waals surface area contributed by atoms with Gasteiger partial charge in [0.15, 0.2) is 0 Å². The van der Waals surface area contributed by atoms with Crippen molar-refractivity contribution in [2.75, 3.05) is 0 Å². The summed E-state index contributed by atoms with van der Waals surface area (Å²) < 4.78 is 2.04. The van der Waals surface area contributed by atoms with Crippen LogP contribution in [0.1, 0.15) is 25.2 Å². The van der Waals surface area contributed by atoms with Gasteiger partial charge in [0, 0.05) is 12.5 Å². The number of hydrogen-bond donors (Lipinski definition) is 0. The molecule has 0 amide bonds. The van der Waals surface area contributed by atoms with Crippen LogP contribution in [0.15, 0.2) is 18.5 Å². The van der Waals surface area contributed by atoms with Gasteiger partial charge in [0.2, 0.25) is 0 Å². The van der Waals surface area contributed by atoms with Gasteiger partial charge >= 0.3 is 0 Å². The first-order valence-corrected chi connectivity index (χ1v) is 4.48. The van der Waals surface area contributed by atoms with Crippen LogP contribution in [0.4, 0.5) is 0 Å². The molecule has 0 fully saturated rings. The van der Waals surface area contributed by atoms with E-state index in [1.165, 1.54) is 5.69 Å². The van der Waals surface area contributed by atoms with Crippen molar-refractivity contribution in [3.63, 3.8) is 0 Å². The number of fused-ring (bicyclic) bond motifs is 1. The molecule has 2 nitrogen and oxygen atoms in total. The molecule has 0 N–H and O–H groups in total. The maximum Gasteiger partial charge on any atom is 0.0955 e. The fraction of sp³-hybridized carbons (Fsp3) is 0.364. The van der Waals surface area contributed by atoms with E-state index >= 15 is 0 Å². The van der Waals surface area contributed by atoms with Crippen LogP contribution < -0.4 is 0 Å². The van der Waals surface area contributed by atoms with Crippen LogP contribution in [0.3, 0.4) is 0 Å². The molecule has 13 heavy (non-hydrogen) atoms. The Labute approximate surface area is 78.6 Å². The van der Waals surface area contributed by atoms with Crippen LogP contribution in [-0.4, -0.2) is 9.55 Å². The van der Waals surface area contributed by atoms with E-state index < -0.39 is 0 Å². The summed E-state index contributed by atoms with van der Waals surface area (Å²) in [6.45, 7) is 4.37. The van der Waals surface area contributed by atoms with Crippen LogP contribution >= 0.6 is 0 Å². The molecule has 2 rings (SSSR count). The molecule has 0 aromatic carbocycles.